The lowest BCUT2D eigenvalue weighted by Gasteiger charge is -2.60. The van der Waals surface area contributed by atoms with Gasteiger partial charge in [0.1, 0.15) is 0 Å². The van der Waals surface area contributed by atoms with Crippen LogP contribution in [-0.4, -0.2) is 61.9 Å². The molecule has 35 heavy (non-hydrogen) atoms. The Morgan fingerprint density at radius 1 is 0.971 bits per heavy atom. The number of aromatic nitrogens is 5. The van der Waals surface area contributed by atoms with Crippen LogP contribution < -0.4 is 9.80 Å². The zero-order valence-electron chi connectivity index (χ0n) is 19.1. The molecular formula is C24H24ClFN8O. The van der Waals surface area contributed by atoms with Gasteiger partial charge in [0.2, 0.25) is 17.8 Å². The zero-order valence-corrected chi connectivity index (χ0v) is 19.8. The zero-order chi connectivity index (χ0) is 23.7. The summed E-state index contributed by atoms with van der Waals surface area (Å²) in [4.78, 5) is 19.4. The summed E-state index contributed by atoms with van der Waals surface area (Å²) in [5.74, 6) is 2.02. The summed E-state index contributed by atoms with van der Waals surface area (Å²) in [7, 11) is 0. The van der Waals surface area contributed by atoms with Gasteiger partial charge in [-0.25, -0.2) is 0 Å². The van der Waals surface area contributed by atoms with Crippen LogP contribution in [0, 0.1) is 17.3 Å². The van der Waals surface area contributed by atoms with Gasteiger partial charge in [0.15, 0.2) is 11.6 Å². The van der Waals surface area contributed by atoms with Crippen molar-refractivity contribution in [2.24, 2.45) is 11.3 Å². The third-order valence-corrected chi connectivity index (χ3v) is 8.02. The van der Waals surface area contributed by atoms with E-state index in [-0.39, 0.29) is 17.2 Å². The number of carbonyl (C=O) groups is 1. The molecule has 0 radical (unpaired) electrons. The topological polar surface area (TPSA) is 83.3 Å². The molecule has 3 aliphatic heterocycles. The molecule has 11 heteroatoms. The van der Waals surface area contributed by atoms with Crippen molar-refractivity contribution >= 4 is 29.3 Å². The molecule has 2 saturated heterocycles. The molecule has 1 saturated carbocycles. The monoisotopic (exact) mass is 494 g/mol. The second-order valence-electron chi connectivity index (χ2n) is 10.3. The first-order valence-corrected chi connectivity index (χ1v) is 12.4. The van der Waals surface area contributed by atoms with Crippen LogP contribution in [0.1, 0.15) is 30.7 Å². The fourth-order valence-corrected chi connectivity index (χ4v) is 5.96. The standard InChI is InChI=1S/C24H24ClFN8O/c25-17-4-5-18-16(8-17)9-31(22(35)15-2-1-3-15)10-21-29-30-23(34(18)21)33-13-24(14-33)11-32(12-24)20-7-6-19(26)27-28-20/h4-8,15H,1-3,9-14H2. The summed E-state index contributed by atoms with van der Waals surface area (Å²) in [5.41, 5.74) is 2.14. The number of hydrogen-bond donors (Lipinski definition) is 0. The Morgan fingerprint density at radius 3 is 2.49 bits per heavy atom. The number of amides is 1. The molecule has 1 amide bonds. The van der Waals surface area contributed by atoms with Gasteiger partial charge in [0, 0.05) is 49.1 Å². The number of fused-ring (bicyclic) bond motifs is 3. The molecule has 3 fully saturated rings. The molecule has 0 N–H and O–H groups in total. The molecule has 1 aromatic carbocycles. The quantitative estimate of drug-likeness (QED) is 0.553. The molecule has 9 nitrogen and oxygen atoms in total. The Balaban J connectivity index is 1.14. The van der Waals surface area contributed by atoms with Gasteiger partial charge in [-0.1, -0.05) is 18.0 Å². The van der Waals surface area contributed by atoms with Crippen molar-refractivity contribution in [2.75, 3.05) is 36.0 Å². The maximum atomic E-state index is 13.1. The summed E-state index contributed by atoms with van der Waals surface area (Å²) in [5, 5.41) is 17.2. The number of carbonyl (C=O) groups excluding carboxylic acids is 1. The van der Waals surface area contributed by atoms with E-state index >= 15 is 0 Å². The number of halogens is 2. The van der Waals surface area contributed by atoms with Gasteiger partial charge in [0.05, 0.1) is 12.2 Å². The summed E-state index contributed by atoms with van der Waals surface area (Å²) < 4.78 is 15.2. The molecule has 1 spiro atoms. The molecule has 180 valence electrons. The van der Waals surface area contributed by atoms with Gasteiger partial charge in [0.25, 0.3) is 0 Å². The van der Waals surface area contributed by atoms with Crippen molar-refractivity contribution in [2.45, 2.75) is 32.4 Å². The van der Waals surface area contributed by atoms with Gasteiger partial charge in [-0.15, -0.1) is 20.4 Å². The Morgan fingerprint density at radius 2 is 1.77 bits per heavy atom. The van der Waals surface area contributed by atoms with Gasteiger partial charge in [-0.05, 0) is 48.7 Å². The van der Waals surface area contributed by atoms with Gasteiger partial charge >= 0.3 is 0 Å². The molecule has 2 aromatic heterocycles. The third kappa shape index (κ3) is 3.37. The van der Waals surface area contributed by atoms with Crippen molar-refractivity contribution < 1.29 is 9.18 Å². The summed E-state index contributed by atoms with van der Waals surface area (Å²) in [6, 6.07) is 8.83. The lowest BCUT2D eigenvalue weighted by Crippen LogP contribution is -2.73. The average molecular weight is 495 g/mol. The summed E-state index contributed by atoms with van der Waals surface area (Å²) in [6.45, 7) is 4.35. The van der Waals surface area contributed by atoms with Crippen LogP contribution in [0.25, 0.3) is 5.69 Å². The van der Waals surface area contributed by atoms with E-state index in [0.717, 1.165) is 68.5 Å². The lowest BCUT2D eigenvalue weighted by atomic mass is 9.73. The van der Waals surface area contributed by atoms with E-state index in [1.807, 2.05) is 23.1 Å². The highest BCUT2D eigenvalue weighted by Gasteiger charge is 2.53. The number of nitrogens with zero attached hydrogens (tertiary/aromatic N) is 8. The molecule has 0 atom stereocenters. The predicted octanol–water partition coefficient (Wildman–Crippen LogP) is 2.82. The van der Waals surface area contributed by atoms with E-state index < -0.39 is 5.95 Å². The van der Waals surface area contributed by atoms with E-state index in [1.54, 1.807) is 6.07 Å². The van der Waals surface area contributed by atoms with Crippen LogP contribution in [0.4, 0.5) is 16.2 Å². The second kappa shape index (κ2) is 7.61. The van der Waals surface area contributed by atoms with Gasteiger partial charge in [-0.2, -0.15) is 4.39 Å². The minimum absolute atomic E-state index is 0.120. The van der Waals surface area contributed by atoms with Gasteiger partial charge in [-0.3, -0.25) is 9.36 Å². The first-order chi connectivity index (χ1) is 17.0. The van der Waals surface area contributed by atoms with Crippen LogP contribution in [-0.2, 0) is 17.9 Å². The van der Waals surface area contributed by atoms with E-state index in [1.165, 1.54) is 6.07 Å². The maximum Gasteiger partial charge on any atom is 0.233 e. The molecule has 3 aromatic rings. The Bertz CT molecular complexity index is 1310. The first kappa shape index (κ1) is 21.0. The first-order valence-electron chi connectivity index (χ1n) is 12.0. The third-order valence-electron chi connectivity index (χ3n) is 7.78. The Labute approximate surface area is 206 Å². The van der Waals surface area contributed by atoms with Crippen LogP contribution in [0.2, 0.25) is 5.02 Å². The van der Waals surface area contributed by atoms with Crippen LogP contribution in [0.5, 0.6) is 0 Å². The fraction of sp³-hybridized carbons (Fsp3) is 0.458. The minimum Gasteiger partial charge on any atom is -0.354 e. The molecule has 5 heterocycles. The van der Waals surface area contributed by atoms with Crippen LogP contribution >= 0.6 is 11.6 Å². The van der Waals surface area contributed by atoms with E-state index in [9.17, 15) is 9.18 Å². The lowest BCUT2D eigenvalue weighted by molar-refractivity contribution is -0.139. The molecule has 1 aliphatic carbocycles. The SMILES string of the molecule is O=C(C1CCC1)N1Cc2cc(Cl)ccc2-n2c(nnc2N2CC3(CN(c4ccc(F)nn4)C3)C2)C1. The van der Waals surface area contributed by atoms with Crippen molar-refractivity contribution in [3.63, 3.8) is 0 Å². The van der Waals surface area contributed by atoms with Crippen LogP contribution in [0.15, 0.2) is 30.3 Å². The number of benzene rings is 1. The molecule has 0 unspecified atom stereocenters. The molecule has 4 aliphatic rings. The highest BCUT2D eigenvalue weighted by atomic mass is 35.5. The number of hydrogen-bond acceptors (Lipinski definition) is 7. The Hall–Kier alpha value is -3.27. The normalized spacial score (nSPS) is 20.5. The van der Waals surface area contributed by atoms with Crippen molar-refractivity contribution in [1.29, 1.82) is 0 Å². The molecule has 7 rings (SSSR count). The number of rotatable bonds is 3. The summed E-state index contributed by atoms with van der Waals surface area (Å²) in [6.07, 6.45) is 3.05. The fourth-order valence-electron chi connectivity index (χ4n) is 5.77. The van der Waals surface area contributed by atoms with Crippen molar-refractivity contribution in [1.82, 2.24) is 29.9 Å². The molecular weight excluding hydrogens is 471 g/mol. The average Bonchev–Trinajstić information content (AvgIpc) is 3.07. The molecule has 0 bridgehead atoms. The van der Waals surface area contributed by atoms with E-state index in [2.05, 4.69) is 34.8 Å². The van der Waals surface area contributed by atoms with E-state index in [4.69, 9.17) is 11.6 Å². The largest absolute Gasteiger partial charge is 0.354 e. The van der Waals surface area contributed by atoms with Gasteiger partial charge < -0.3 is 14.7 Å². The highest BCUT2D eigenvalue weighted by Crippen LogP contribution is 2.44. The van der Waals surface area contributed by atoms with E-state index in [0.29, 0.717) is 23.9 Å². The Kier molecular flexibility index (Phi) is 4.58. The predicted molar refractivity (Wildman–Crippen MR) is 127 cm³/mol. The number of anilines is 2. The smallest absolute Gasteiger partial charge is 0.233 e. The second-order valence-corrected chi connectivity index (χ2v) is 10.7. The van der Waals surface area contributed by atoms with Crippen molar-refractivity contribution in [3.05, 3.63) is 52.7 Å². The minimum atomic E-state index is -0.569. The summed E-state index contributed by atoms with van der Waals surface area (Å²) >= 11 is 6.35. The van der Waals surface area contributed by atoms with Crippen LogP contribution in [0.3, 0.4) is 0 Å². The maximum absolute atomic E-state index is 13.1. The van der Waals surface area contributed by atoms with Crippen molar-refractivity contribution in [3.8, 4) is 5.69 Å². The highest BCUT2D eigenvalue weighted by molar-refractivity contribution is 6.30.